The van der Waals surface area contributed by atoms with Gasteiger partial charge in [0.05, 0.1) is 0 Å². The molecule has 0 amide bonds. The molecule has 1 rings (SSSR count). The van der Waals surface area contributed by atoms with E-state index in [0.29, 0.717) is 4.47 Å². The fourth-order valence-corrected chi connectivity index (χ4v) is 2.12. The van der Waals surface area contributed by atoms with Crippen molar-refractivity contribution in [3.63, 3.8) is 0 Å². The summed E-state index contributed by atoms with van der Waals surface area (Å²) in [4.78, 5) is -0.111. The Balaban J connectivity index is 0. The Morgan fingerprint density at radius 3 is 2.17 bits per heavy atom. The van der Waals surface area contributed by atoms with Crippen molar-refractivity contribution in [2.45, 2.75) is 4.90 Å². The summed E-state index contributed by atoms with van der Waals surface area (Å²) in [6.45, 7) is 0. The molecular formula is C6H6BrLiO3S. The zero-order chi connectivity index (χ0) is 8.48. The molecule has 0 aliphatic heterocycles. The molecule has 0 saturated carbocycles. The van der Waals surface area contributed by atoms with Crippen molar-refractivity contribution in [1.29, 1.82) is 0 Å². The summed E-state index contributed by atoms with van der Waals surface area (Å²) in [5.74, 6) is 0. The predicted octanol–water partition coefficient (Wildman–Crippen LogP) is -1.19. The molecule has 1 N–H and O–H groups in total. The Morgan fingerprint density at radius 1 is 1.33 bits per heavy atom. The van der Waals surface area contributed by atoms with E-state index in [2.05, 4.69) is 15.9 Å². The molecule has 0 unspecified atom stereocenters. The van der Waals surface area contributed by atoms with Crippen molar-refractivity contribution in [2.75, 3.05) is 0 Å². The first-order chi connectivity index (χ1) is 5.02. The third-order valence-corrected chi connectivity index (χ3v) is 2.98. The molecule has 0 fully saturated rings. The summed E-state index contributed by atoms with van der Waals surface area (Å²) in [5, 5.41) is 0. The molecule has 62 valence electrons. The molecule has 0 aromatic heterocycles. The van der Waals surface area contributed by atoms with Crippen LogP contribution in [0, 0.1) is 0 Å². The van der Waals surface area contributed by atoms with Gasteiger partial charge in [-0.3, -0.25) is 4.55 Å². The van der Waals surface area contributed by atoms with Crippen LogP contribution < -0.4 is 18.9 Å². The van der Waals surface area contributed by atoms with Crippen LogP contribution in [0.5, 0.6) is 0 Å². The Bertz CT molecular complexity index is 368. The van der Waals surface area contributed by atoms with E-state index in [1.54, 1.807) is 12.1 Å². The van der Waals surface area contributed by atoms with E-state index in [-0.39, 0.29) is 25.2 Å². The standard InChI is InChI=1S/C6H5BrO3S.Li.H/c7-5-3-1-2-4-6(5)11(8,9)10;;/h1-4H,(H,8,9,10);;/q;+1;-1. The summed E-state index contributed by atoms with van der Waals surface area (Å²) in [6.07, 6.45) is 0. The molecule has 3 nitrogen and oxygen atoms in total. The second kappa shape index (κ2) is 4.45. The van der Waals surface area contributed by atoms with Crippen molar-refractivity contribution in [2.24, 2.45) is 0 Å². The number of benzene rings is 1. The normalized spacial score (nSPS) is 10.5. The molecule has 1 aromatic carbocycles. The van der Waals surface area contributed by atoms with Crippen molar-refractivity contribution < 1.29 is 33.3 Å². The van der Waals surface area contributed by atoms with Crippen LogP contribution in [0.3, 0.4) is 0 Å². The van der Waals surface area contributed by atoms with E-state index in [4.69, 9.17) is 4.55 Å². The van der Waals surface area contributed by atoms with Gasteiger partial charge in [0, 0.05) is 4.47 Å². The smallest absolute Gasteiger partial charge is 1.00 e. The Hall–Kier alpha value is 0.207. The van der Waals surface area contributed by atoms with Gasteiger partial charge in [-0.15, -0.1) is 0 Å². The molecule has 12 heavy (non-hydrogen) atoms. The van der Waals surface area contributed by atoms with Crippen molar-refractivity contribution in [3.8, 4) is 0 Å². The summed E-state index contributed by atoms with van der Waals surface area (Å²) in [7, 11) is -4.08. The molecule has 0 aliphatic rings. The molecule has 0 bridgehead atoms. The molecule has 0 atom stereocenters. The van der Waals surface area contributed by atoms with Crippen LogP contribution in [0.25, 0.3) is 0 Å². The second-order valence-corrected chi connectivity index (χ2v) is 4.15. The first-order valence-corrected chi connectivity index (χ1v) is 4.97. The fourth-order valence-electron chi connectivity index (χ4n) is 0.654. The number of hydrogen-bond donors (Lipinski definition) is 1. The maximum absolute atomic E-state index is 10.6. The van der Waals surface area contributed by atoms with Gasteiger partial charge in [-0.05, 0) is 28.1 Å². The van der Waals surface area contributed by atoms with Gasteiger partial charge in [-0.1, -0.05) is 12.1 Å². The Labute approximate surface area is 92.7 Å². The zero-order valence-corrected chi connectivity index (χ0v) is 8.76. The summed E-state index contributed by atoms with van der Waals surface area (Å²) in [6, 6.07) is 6.06. The minimum atomic E-state index is -4.08. The van der Waals surface area contributed by atoms with Gasteiger partial charge in [0.15, 0.2) is 0 Å². The zero-order valence-electron chi connectivity index (χ0n) is 7.36. The van der Waals surface area contributed by atoms with E-state index >= 15 is 0 Å². The van der Waals surface area contributed by atoms with Crippen molar-refractivity contribution >= 4 is 26.0 Å². The topological polar surface area (TPSA) is 54.4 Å². The molecule has 0 aliphatic carbocycles. The van der Waals surface area contributed by atoms with Gasteiger partial charge in [0.2, 0.25) is 0 Å². The van der Waals surface area contributed by atoms with Crippen molar-refractivity contribution in [1.82, 2.24) is 0 Å². The van der Waals surface area contributed by atoms with Crippen LogP contribution in [0.2, 0.25) is 0 Å². The fraction of sp³-hybridized carbons (Fsp3) is 0. The van der Waals surface area contributed by atoms with E-state index in [1.165, 1.54) is 12.1 Å². The van der Waals surface area contributed by atoms with E-state index in [0.717, 1.165) is 0 Å². The number of halogens is 1. The predicted molar refractivity (Wildman–Crippen MR) is 45.1 cm³/mol. The third-order valence-electron chi connectivity index (χ3n) is 1.11. The Kier molecular flexibility index (Phi) is 4.52. The second-order valence-electron chi connectivity index (χ2n) is 1.91. The number of rotatable bonds is 1. The van der Waals surface area contributed by atoms with E-state index in [9.17, 15) is 8.42 Å². The van der Waals surface area contributed by atoms with E-state index in [1.807, 2.05) is 0 Å². The molecule has 0 radical (unpaired) electrons. The first kappa shape index (κ1) is 12.2. The number of hydrogen-bond acceptors (Lipinski definition) is 2. The average molecular weight is 245 g/mol. The van der Waals surface area contributed by atoms with Crippen LogP contribution in [0.15, 0.2) is 33.6 Å². The van der Waals surface area contributed by atoms with Gasteiger partial charge < -0.3 is 1.43 Å². The molecule has 0 saturated heterocycles. The average Bonchev–Trinajstić information content (AvgIpc) is 1.86. The van der Waals surface area contributed by atoms with Crippen molar-refractivity contribution in [3.05, 3.63) is 28.7 Å². The largest absolute Gasteiger partial charge is 1.00 e. The van der Waals surface area contributed by atoms with Crippen LogP contribution in [-0.2, 0) is 10.1 Å². The summed E-state index contributed by atoms with van der Waals surface area (Å²) >= 11 is 2.99. The third kappa shape index (κ3) is 2.92. The first-order valence-electron chi connectivity index (χ1n) is 2.74. The summed E-state index contributed by atoms with van der Waals surface area (Å²) < 4.78 is 30.1. The maximum atomic E-state index is 10.6. The molecule has 0 heterocycles. The van der Waals surface area contributed by atoms with Crippen LogP contribution >= 0.6 is 15.9 Å². The quantitative estimate of drug-likeness (QED) is 0.500. The minimum Gasteiger partial charge on any atom is -1.00 e. The molecule has 0 spiro atoms. The minimum absolute atomic E-state index is 0. The van der Waals surface area contributed by atoms with Gasteiger partial charge >= 0.3 is 18.9 Å². The van der Waals surface area contributed by atoms with Gasteiger partial charge in [0.25, 0.3) is 10.1 Å². The molecule has 6 heteroatoms. The molecular weight excluding hydrogens is 239 g/mol. The van der Waals surface area contributed by atoms with E-state index < -0.39 is 10.1 Å². The monoisotopic (exact) mass is 244 g/mol. The SMILES string of the molecule is O=S(=O)(O)c1ccccc1Br.[H-].[Li+]. The van der Waals surface area contributed by atoms with Crippen LogP contribution in [0.4, 0.5) is 0 Å². The van der Waals surface area contributed by atoms with Gasteiger partial charge in [-0.25, -0.2) is 0 Å². The van der Waals surface area contributed by atoms with Gasteiger partial charge in [-0.2, -0.15) is 8.42 Å². The van der Waals surface area contributed by atoms with Gasteiger partial charge in [0.1, 0.15) is 4.90 Å². The Morgan fingerprint density at radius 2 is 1.83 bits per heavy atom. The van der Waals surface area contributed by atoms with Crippen LogP contribution in [0.1, 0.15) is 1.43 Å². The maximum Gasteiger partial charge on any atom is 1.00 e. The summed E-state index contributed by atoms with van der Waals surface area (Å²) in [5.41, 5.74) is 0. The molecule has 1 aromatic rings. The van der Waals surface area contributed by atoms with Crippen LogP contribution in [-0.4, -0.2) is 13.0 Å².